The Kier molecular flexibility index (Phi) is 3.61. The lowest BCUT2D eigenvalue weighted by molar-refractivity contribution is 0.258. The molecule has 1 fully saturated rings. The van der Waals surface area contributed by atoms with E-state index in [1.54, 1.807) is 0 Å². The number of hydrogen-bond donors (Lipinski definition) is 1. The molecule has 0 radical (unpaired) electrons. The van der Waals surface area contributed by atoms with Gasteiger partial charge in [-0.2, -0.15) is 5.10 Å². The van der Waals surface area contributed by atoms with Gasteiger partial charge in [0.2, 0.25) is 0 Å². The lowest BCUT2D eigenvalue weighted by Gasteiger charge is -2.22. The zero-order valence-corrected chi connectivity index (χ0v) is 10.5. The summed E-state index contributed by atoms with van der Waals surface area (Å²) in [4.78, 5) is 2.51. The molecule has 2 heterocycles. The van der Waals surface area contributed by atoms with Crippen LogP contribution in [0.25, 0.3) is 0 Å². The van der Waals surface area contributed by atoms with Crippen LogP contribution in [-0.4, -0.2) is 40.4 Å². The highest BCUT2D eigenvalue weighted by Gasteiger charge is 2.15. The summed E-state index contributed by atoms with van der Waals surface area (Å²) < 4.78 is 2.00. The molecule has 1 N–H and O–H groups in total. The van der Waals surface area contributed by atoms with Crippen molar-refractivity contribution in [2.75, 3.05) is 19.6 Å². The van der Waals surface area contributed by atoms with Crippen LogP contribution in [0.15, 0.2) is 6.07 Å². The number of nitrogens with one attached hydrogen (secondary N) is 1. The minimum absolute atomic E-state index is 0.594. The fourth-order valence-electron chi connectivity index (χ4n) is 2.38. The third-order valence-corrected chi connectivity index (χ3v) is 3.16. The molecule has 0 aromatic carbocycles. The molecule has 0 saturated carbocycles. The highest BCUT2D eigenvalue weighted by Crippen LogP contribution is 2.09. The predicted octanol–water partition coefficient (Wildman–Crippen LogP) is 0.912. The summed E-state index contributed by atoms with van der Waals surface area (Å²) in [5.41, 5.74) is 2.42. The maximum Gasteiger partial charge on any atom is 0.0597 e. The van der Waals surface area contributed by atoms with Gasteiger partial charge in [0.05, 0.1) is 11.4 Å². The smallest absolute Gasteiger partial charge is 0.0597 e. The van der Waals surface area contributed by atoms with Crippen molar-refractivity contribution in [1.29, 1.82) is 0 Å². The molecule has 1 aromatic heterocycles. The second-order valence-corrected chi connectivity index (χ2v) is 4.84. The van der Waals surface area contributed by atoms with Gasteiger partial charge < -0.3 is 5.32 Å². The second kappa shape index (κ2) is 4.97. The third-order valence-electron chi connectivity index (χ3n) is 3.16. The lowest BCUT2D eigenvalue weighted by Crippen LogP contribution is -2.35. The SMILES string of the molecule is Cc1cc(CN2CCCNC(C)C2)n(C)n1. The average molecular weight is 222 g/mol. The molecule has 1 aromatic rings. The molecule has 90 valence electrons. The van der Waals surface area contributed by atoms with Gasteiger partial charge in [-0.15, -0.1) is 0 Å². The number of hydrogen-bond acceptors (Lipinski definition) is 3. The summed E-state index contributed by atoms with van der Waals surface area (Å²) in [7, 11) is 2.03. The van der Waals surface area contributed by atoms with Gasteiger partial charge in [0.15, 0.2) is 0 Å². The molecule has 0 amide bonds. The van der Waals surface area contributed by atoms with Crippen LogP contribution in [0.2, 0.25) is 0 Å². The number of nitrogens with zero attached hydrogens (tertiary/aromatic N) is 3. The molecule has 1 aliphatic heterocycles. The molecular formula is C12H22N4. The number of aryl methyl sites for hydroxylation is 2. The Morgan fingerprint density at radius 1 is 1.56 bits per heavy atom. The minimum atomic E-state index is 0.594. The van der Waals surface area contributed by atoms with E-state index in [4.69, 9.17) is 0 Å². The summed E-state index contributed by atoms with van der Waals surface area (Å²) in [5, 5.41) is 7.91. The molecule has 16 heavy (non-hydrogen) atoms. The summed E-state index contributed by atoms with van der Waals surface area (Å²) in [5.74, 6) is 0. The van der Waals surface area contributed by atoms with Crippen molar-refractivity contribution in [3.8, 4) is 0 Å². The Bertz CT molecular complexity index is 345. The first-order valence-electron chi connectivity index (χ1n) is 6.10. The zero-order valence-electron chi connectivity index (χ0n) is 10.5. The van der Waals surface area contributed by atoms with Crippen molar-refractivity contribution >= 4 is 0 Å². The molecule has 1 aliphatic rings. The monoisotopic (exact) mass is 222 g/mol. The van der Waals surface area contributed by atoms with Crippen LogP contribution in [0.4, 0.5) is 0 Å². The summed E-state index contributed by atoms with van der Waals surface area (Å²) >= 11 is 0. The Hall–Kier alpha value is -0.870. The Balaban J connectivity index is 2.00. The first-order valence-corrected chi connectivity index (χ1v) is 6.10. The van der Waals surface area contributed by atoms with Crippen LogP contribution in [0, 0.1) is 6.92 Å². The first kappa shape index (κ1) is 11.6. The van der Waals surface area contributed by atoms with E-state index in [2.05, 4.69) is 35.2 Å². The van der Waals surface area contributed by atoms with Crippen molar-refractivity contribution in [3.05, 3.63) is 17.5 Å². The molecule has 1 saturated heterocycles. The zero-order chi connectivity index (χ0) is 11.5. The van der Waals surface area contributed by atoms with E-state index in [0.29, 0.717) is 6.04 Å². The maximum atomic E-state index is 4.39. The van der Waals surface area contributed by atoms with E-state index in [9.17, 15) is 0 Å². The van der Waals surface area contributed by atoms with Crippen LogP contribution >= 0.6 is 0 Å². The lowest BCUT2D eigenvalue weighted by atomic mass is 10.3. The normalized spacial score (nSPS) is 23.3. The van der Waals surface area contributed by atoms with Crippen molar-refractivity contribution in [2.24, 2.45) is 7.05 Å². The van der Waals surface area contributed by atoms with E-state index >= 15 is 0 Å². The molecule has 1 atom stereocenters. The number of rotatable bonds is 2. The van der Waals surface area contributed by atoms with Crippen LogP contribution in [0.3, 0.4) is 0 Å². The topological polar surface area (TPSA) is 33.1 Å². The summed E-state index contributed by atoms with van der Waals surface area (Å²) in [6.07, 6.45) is 1.24. The standard InChI is InChI=1S/C12H22N4/c1-10-7-12(15(3)14-10)9-16-6-4-5-13-11(2)8-16/h7,11,13H,4-6,8-9H2,1-3H3. The maximum absolute atomic E-state index is 4.39. The Labute approximate surface area is 97.6 Å². The van der Waals surface area contributed by atoms with Crippen LogP contribution in [-0.2, 0) is 13.6 Å². The van der Waals surface area contributed by atoms with Gasteiger partial charge in [-0.05, 0) is 39.4 Å². The van der Waals surface area contributed by atoms with Gasteiger partial charge in [-0.3, -0.25) is 9.58 Å². The van der Waals surface area contributed by atoms with E-state index in [0.717, 1.165) is 25.3 Å². The highest BCUT2D eigenvalue weighted by atomic mass is 15.3. The van der Waals surface area contributed by atoms with Crippen LogP contribution in [0.1, 0.15) is 24.7 Å². The van der Waals surface area contributed by atoms with Crippen LogP contribution in [0.5, 0.6) is 0 Å². The number of aromatic nitrogens is 2. The van der Waals surface area contributed by atoms with E-state index < -0.39 is 0 Å². The van der Waals surface area contributed by atoms with Gasteiger partial charge in [0.1, 0.15) is 0 Å². The molecule has 0 aliphatic carbocycles. The fourth-order valence-corrected chi connectivity index (χ4v) is 2.38. The first-order chi connectivity index (χ1) is 7.65. The molecule has 0 spiro atoms. The molecule has 4 heteroatoms. The van der Waals surface area contributed by atoms with E-state index in [1.807, 2.05) is 11.7 Å². The predicted molar refractivity (Wildman–Crippen MR) is 65.3 cm³/mol. The Morgan fingerprint density at radius 3 is 3.06 bits per heavy atom. The molecule has 2 rings (SSSR count). The summed E-state index contributed by atoms with van der Waals surface area (Å²) in [6, 6.07) is 2.78. The van der Waals surface area contributed by atoms with Crippen molar-refractivity contribution in [1.82, 2.24) is 20.0 Å². The molecule has 1 unspecified atom stereocenters. The van der Waals surface area contributed by atoms with Gasteiger partial charge >= 0.3 is 0 Å². The van der Waals surface area contributed by atoms with E-state index in [-0.39, 0.29) is 0 Å². The summed E-state index contributed by atoms with van der Waals surface area (Å²) in [6.45, 7) is 8.78. The van der Waals surface area contributed by atoms with Gasteiger partial charge in [-0.25, -0.2) is 0 Å². The van der Waals surface area contributed by atoms with E-state index in [1.165, 1.54) is 18.7 Å². The Morgan fingerprint density at radius 2 is 2.38 bits per heavy atom. The average Bonchev–Trinajstić information content (AvgIpc) is 2.42. The van der Waals surface area contributed by atoms with Gasteiger partial charge in [-0.1, -0.05) is 0 Å². The quantitative estimate of drug-likeness (QED) is 0.807. The van der Waals surface area contributed by atoms with Crippen molar-refractivity contribution in [3.63, 3.8) is 0 Å². The largest absolute Gasteiger partial charge is 0.313 e. The fraction of sp³-hybridized carbons (Fsp3) is 0.750. The third kappa shape index (κ3) is 2.83. The minimum Gasteiger partial charge on any atom is -0.313 e. The van der Waals surface area contributed by atoms with Gasteiger partial charge in [0, 0.05) is 26.2 Å². The molecule has 0 bridgehead atoms. The van der Waals surface area contributed by atoms with Gasteiger partial charge in [0.25, 0.3) is 0 Å². The van der Waals surface area contributed by atoms with Crippen molar-refractivity contribution < 1.29 is 0 Å². The highest BCUT2D eigenvalue weighted by molar-refractivity contribution is 5.08. The van der Waals surface area contributed by atoms with Crippen LogP contribution < -0.4 is 5.32 Å². The molecular weight excluding hydrogens is 200 g/mol. The van der Waals surface area contributed by atoms with Crippen molar-refractivity contribution in [2.45, 2.75) is 32.9 Å². The molecule has 4 nitrogen and oxygen atoms in total. The second-order valence-electron chi connectivity index (χ2n) is 4.84.